The molecule has 0 aliphatic rings. The molecule has 2 N–H and O–H groups in total. The van der Waals surface area contributed by atoms with Gasteiger partial charge in [0.2, 0.25) is 5.89 Å². The monoisotopic (exact) mass is 252 g/mol. The van der Waals surface area contributed by atoms with Gasteiger partial charge in [-0.3, -0.25) is 0 Å². The van der Waals surface area contributed by atoms with Gasteiger partial charge in [-0.25, -0.2) is 4.98 Å². The van der Waals surface area contributed by atoms with Crippen LogP contribution in [-0.4, -0.2) is 18.6 Å². The molecule has 0 aliphatic carbocycles. The first-order chi connectivity index (χ1) is 8.24. The van der Waals surface area contributed by atoms with E-state index in [1.165, 1.54) is 0 Å². The molecular formula is C12H13ClN2O2. The van der Waals surface area contributed by atoms with Crippen molar-refractivity contribution < 1.29 is 9.15 Å². The van der Waals surface area contributed by atoms with Crippen molar-refractivity contribution in [2.75, 3.05) is 13.7 Å². The van der Waals surface area contributed by atoms with Crippen LogP contribution in [0.3, 0.4) is 0 Å². The predicted octanol–water partition coefficient (Wildman–Crippen LogP) is 2.50. The van der Waals surface area contributed by atoms with Gasteiger partial charge in [0.05, 0.1) is 23.4 Å². The molecule has 0 fully saturated rings. The molecule has 1 aromatic carbocycles. The Morgan fingerprint density at radius 2 is 2.29 bits per heavy atom. The summed E-state index contributed by atoms with van der Waals surface area (Å²) < 4.78 is 10.4. The molecule has 1 heterocycles. The van der Waals surface area contributed by atoms with E-state index in [9.17, 15) is 0 Å². The first kappa shape index (κ1) is 12.0. The van der Waals surface area contributed by atoms with E-state index in [0.29, 0.717) is 29.6 Å². The number of oxazole rings is 1. The molecule has 5 heteroatoms. The molecule has 0 atom stereocenters. The number of nitrogens with two attached hydrogens (primary N) is 1. The Labute approximate surface area is 104 Å². The SMILES string of the molecule is COc1ccc(-c2nc(CCN)co2)c(Cl)c1. The highest BCUT2D eigenvalue weighted by atomic mass is 35.5. The fourth-order valence-corrected chi connectivity index (χ4v) is 1.74. The molecule has 0 spiro atoms. The van der Waals surface area contributed by atoms with Crippen LogP contribution in [0.15, 0.2) is 28.9 Å². The van der Waals surface area contributed by atoms with Gasteiger partial charge in [-0.05, 0) is 24.7 Å². The summed E-state index contributed by atoms with van der Waals surface area (Å²) in [7, 11) is 1.59. The van der Waals surface area contributed by atoms with Crippen molar-refractivity contribution >= 4 is 11.6 Å². The maximum Gasteiger partial charge on any atom is 0.227 e. The molecule has 2 rings (SSSR count). The van der Waals surface area contributed by atoms with E-state index in [-0.39, 0.29) is 0 Å². The summed E-state index contributed by atoms with van der Waals surface area (Å²) in [6, 6.07) is 5.36. The second-order valence-corrected chi connectivity index (χ2v) is 3.94. The van der Waals surface area contributed by atoms with Gasteiger partial charge in [0.25, 0.3) is 0 Å². The molecule has 0 saturated heterocycles. The Morgan fingerprint density at radius 1 is 1.47 bits per heavy atom. The summed E-state index contributed by atoms with van der Waals surface area (Å²) >= 11 is 6.12. The summed E-state index contributed by atoms with van der Waals surface area (Å²) in [6.45, 7) is 0.544. The van der Waals surface area contributed by atoms with Crippen LogP contribution in [0, 0.1) is 0 Å². The van der Waals surface area contributed by atoms with Crippen LogP contribution in [0.5, 0.6) is 5.75 Å². The number of ether oxygens (including phenoxy) is 1. The van der Waals surface area contributed by atoms with Crippen molar-refractivity contribution in [1.82, 2.24) is 4.98 Å². The molecule has 0 radical (unpaired) electrons. The number of hydrogen-bond acceptors (Lipinski definition) is 4. The van der Waals surface area contributed by atoms with Gasteiger partial charge in [0.15, 0.2) is 0 Å². The lowest BCUT2D eigenvalue weighted by atomic mass is 10.2. The van der Waals surface area contributed by atoms with E-state index in [1.807, 2.05) is 12.1 Å². The highest BCUT2D eigenvalue weighted by molar-refractivity contribution is 6.33. The number of benzene rings is 1. The first-order valence-electron chi connectivity index (χ1n) is 5.23. The van der Waals surface area contributed by atoms with E-state index in [2.05, 4.69) is 4.98 Å². The van der Waals surface area contributed by atoms with E-state index in [1.54, 1.807) is 19.4 Å². The molecule has 0 bridgehead atoms. The van der Waals surface area contributed by atoms with Gasteiger partial charge in [-0.1, -0.05) is 11.6 Å². The third-order valence-electron chi connectivity index (χ3n) is 2.36. The van der Waals surface area contributed by atoms with Crippen molar-refractivity contribution in [2.45, 2.75) is 6.42 Å². The number of rotatable bonds is 4. The van der Waals surface area contributed by atoms with E-state index < -0.39 is 0 Å². The largest absolute Gasteiger partial charge is 0.497 e. The lowest BCUT2D eigenvalue weighted by molar-refractivity contribution is 0.415. The zero-order valence-corrected chi connectivity index (χ0v) is 10.2. The minimum absolute atomic E-state index is 0.501. The topological polar surface area (TPSA) is 61.3 Å². The van der Waals surface area contributed by atoms with Crippen molar-refractivity contribution in [2.24, 2.45) is 5.73 Å². The van der Waals surface area contributed by atoms with E-state index in [4.69, 9.17) is 26.5 Å². The second kappa shape index (κ2) is 5.21. The Morgan fingerprint density at radius 3 is 2.94 bits per heavy atom. The van der Waals surface area contributed by atoms with Crippen LogP contribution >= 0.6 is 11.6 Å². The molecular weight excluding hydrogens is 240 g/mol. The molecule has 4 nitrogen and oxygen atoms in total. The van der Waals surface area contributed by atoms with Crippen molar-refractivity contribution in [3.05, 3.63) is 35.2 Å². The zero-order chi connectivity index (χ0) is 12.3. The van der Waals surface area contributed by atoms with Crippen molar-refractivity contribution in [1.29, 1.82) is 0 Å². The number of halogens is 1. The number of aromatic nitrogens is 1. The number of hydrogen-bond donors (Lipinski definition) is 1. The Kier molecular flexibility index (Phi) is 3.66. The minimum atomic E-state index is 0.501. The standard InChI is InChI=1S/C12H13ClN2O2/c1-16-9-2-3-10(11(13)6-9)12-15-8(4-5-14)7-17-12/h2-3,6-7H,4-5,14H2,1H3. The third kappa shape index (κ3) is 2.60. The lowest BCUT2D eigenvalue weighted by Gasteiger charge is -2.03. The Hall–Kier alpha value is -1.52. The van der Waals surface area contributed by atoms with Crippen LogP contribution in [-0.2, 0) is 6.42 Å². The van der Waals surface area contributed by atoms with Crippen LogP contribution < -0.4 is 10.5 Å². The van der Waals surface area contributed by atoms with Gasteiger partial charge in [0, 0.05) is 6.42 Å². The van der Waals surface area contributed by atoms with Crippen LogP contribution in [0.2, 0.25) is 5.02 Å². The van der Waals surface area contributed by atoms with Crippen LogP contribution in [0.1, 0.15) is 5.69 Å². The van der Waals surface area contributed by atoms with Gasteiger partial charge in [-0.15, -0.1) is 0 Å². The summed E-state index contributed by atoms with van der Waals surface area (Å²) in [5, 5.41) is 0.547. The summed E-state index contributed by atoms with van der Waals surface area (Å²) in [6.07, 6.45) is 2.29. The smallest absolute Gasteiger partial charge is 0.227 e. The molecule has 17 heavy (non-hydrogen) atoms. The molecule has 2 aromatic rings. The Bertz CT molecular complexity index is 511. The van der Waals surface area contributed by atoms with Gasteiger partial charge in [-0.2, -0.15) is 0 Å². The van der Waals surface area contributed by atoms with Gasteiger partial charge < -0.3 is 14.9 Å². The van der Waals surface area contributed by atoms with Gasteiger partial charge in [0.1, 0.15) is 12.0 Å². The number of methoxy groups -OCH3 is 1. The van der Waals surface area contributed by atoms with Crippen LogP contribution in [0.4, 0.5) is 0 Å². The van der Waals surface area contributed by atoms with E-state index >= 15 is 0 Å². The number of nitrogens with zero attached hydrogens (tertiary/aromatic N) is 1. The van der Waals surface area contributed by atoms with Gasteiger partial charge >= 0.3 is 0 Å². The molecule has 0 saturated carbocycles. The van der Waals surface area contributed by atoms with E-state index in [0.717, 1.165) is 11.3 Å². The first-order valence-corrected chi connectivity index (χ1v) is 5.60. The van der Waals surface area contributed by atoms with Crippen molar-refractivity contribution in [3.8, 4) is 17.2 Å². The fraction of sp³-hybridized carbons (Fsp3) is 0.250. The highest BCUT2D eigenvalue weighted by Crippen LogP contribution is 2.30. The van der Waals surface area contributed by atoms with Crippen molar-refractivity contribution in [3.63, 3.8) is 0 Å². The summed E-state index contributed by atoms with van der Waals surface area (Å²) in [4.78, 5) is 4.31. The molecule has 1 aromatic heterocycles. The molecule has 90 valence electrons. The highest BCUT2D eigenvalue weighted by Gasteiger charge is 2.11. The lowest BCUT2D eigenvalue weighted by Crippen LogP contribution is -2.02. The molecule has 0 amide bonds. The fourth-order valence-electron chi connectivity index (χ4n) is 1.49. The second-order valence-electron chi connectivity index (χ2n) is 3.53. The average Bonchev–Trinajstić information content (AvgIpc) is 2.78. The molecule has 0 aliphatic heterocycles. The maximum absolute atomic E-state index is 6.12. The average molecular weight is 253 g/mol. The third-order valence-corrected chi connectivity index (χ3v) is 2.67. The van der Waals surface area contributed by atoms with Crippen LogP contribution in [0.25, 0.3) is 11.5 Å². The quantitative estimate of drug-likeness (QED) is 0.908. The maximum atomic E-state index is 6.12. The Balaban J connectivity index is 2.32. The summed E-state index contributed by atoms with van der Waals surface area (Å²) in [5.41, 5.74) is 7.03. The molecule has 0 unspecified atom stereocenters. The normalized spacial score (nSPS) is 10.5. The zero-order valence-electron chi connectivity index (χ0n) is 9.44. The predicted molar refractivity (Wildman–Crippen MR) is 66.3 cm³/mol. The summed E-state index contributed by atoms with van der Waals surface area (Å²) in [5.74, 6) is 1.20. The minimum Gasteiger partial charge on any atom is -0.497 e.